The highest BCUT2D eigenvalue weighted by Crippen LogP contribution is 2.62. The number of ether oxygens (including phenoxy) is 2. The van der Waals surface area contributed by atoms with Crippen molar-refractivity contribution < 1.29 is 9.47 Å². The van der Waals surface area contributed by atoms with Gasteiger partial charge in [0.25, 0.3) is 0 Å². The summed E-state index contributed by atoms with van der Waals surface area (Å²) in [5.74, 6) is 1.94. The quantitative estimate of drug-likeness (QED) is 0.631. The van der Waals surface area contributed by atoms with Gasteiger partial charge in [0.05, 0.1) is 14.2 Å². The maximum atomic E-state index is 5.67. The van der Waals surface area contributed by atoms with Gasteiger partial charge in [0.15, 0.2) is 0 Å². The summed E-state index contributed by atoms with van der Waals surface area (Å²) in [5.41, 5.74) is 3.00. The van der Waals surface area contributed by atoms with E-state index in [1.165, 1.54) is 53.0 Å². The minimum Gasteiger partial charge on any atom is -0.497 e. The standard InChI is InChI=1S/C22H24O2S/c1-23-16-8-10-17(11-9-16)25-19-13-12-18(24-2)20-21(19)22(20)14-6-4-3-5-7-15-22/h6,8-14H,3-5,7,15H2,1-2H3/b14-6-. The molecule has 0 N–H and O–H groups in total. The number of allylic oxidation sites excluding steroid dienone is 2. The molecule has 0 saturated heterocycles. The Morgan fingerprint density at radius 1 is 0.880 bits per heavy atom. The average Bonchev–Trinajstić information content (AvgIpc) is 3.29. The van der Waals surface area contributed by atoms with Gasteiger partial charge in [-0.2, -0.15) is 0 Å². The number of methoxy groups -OCH3 is 2. The lowest BCUT2D eigenvalue weighted by Gasteiger charge is -2.15. The van der Waals surface area contributed by atoms with Crippen molar-refractivity contribution in [3.05, 3.63) is 59.7 Å². The zero-order chi connectivity index (χ0) is 17.3. The van der Waals surface area contributed by atoms with Crippen LogP contribution in [-0.2, 0) is 5.41 Å². The molecule has 0 amide bonds. The number of hydrogen-bond acceptors (Lipinski definition) is 3. The van der Waals surface area contributed by atoms with Gasteiger partial charge in [-0.3, -0.25) is 0 Å². The van der Waals surface area contributed by atoms with E-state index in [2.05, 4.69) is 36.4 Å². The van der Waals surface area contributed by atoms with Crippen LogP contribution in [0.15, 0.2) is 58.3 Å². The first-order chi connectivity index (χ1) is 12.3. The molecule has 1 unspecified atom stereocenters. The van der Waals surface area contributed by atoms with E-state index in [4.69, 9.17) is 9.47 Å². The summed E-state index contributed by atoms with van der Waals surface area (Å²) in [6.07, 6.45) is 11.1. The SMILES string of the molecule is COc1ccc(Sc2ccc(OC)c3c2C32/C=C\CCCCC2)cc1. The second kappa shape index (κ2) is 6.80. The van der Waals surface area contributed by atoms with Gasteiger partial charge in [0, 0.05) is 20.8 Å². The average molecular weight is 352 g/mol. The first-order valence-corrected chi connectivity index (χ1v) is 9.82. The fourth-order valence-corrected chi connectivity index (χ4v) is 5.04. The molecule has 0 heterocycles. The normalized spacial score (nSPS) is 22.6. The van der Waals surface area contributed by atoms with E-state index in [-0.39, 0.29) is 5.41 Å². The van der Waals surface area contributed by atoms with Crippen LogP contribution < -0.4 is 9.47 Å². The van der Waals surface area contributed by atoms with Crippen molar-refractivity contribution in [1.29, 1.82) is 0 Å². The summed E-state index contributed by atoms with van der Waals surface area (Å²) in [4.78, 5) is 2.59. The number of benzene rings is 2. The van der Waals surface area contributed by atoms with Crippen LogP contribution in [0, 0.1) is 0 Å². The highest BCUT2D eigenvalue weighted by molar-refractivity contribution is 7.99. The third-order valence-corrected chi connectivity index (χ3v) is 6.38. The molecule has 0 saturated carbocycles. The fourth-order valence-electron chi connectivity index (χ4n) is 3.99. The Morgan fingerprint density at radius 2 is 1.72 bits per heavy atom. The number of rotatable bonds is 4. The van der Waals surface area contributed by atoms with E-state index < -0.39 is 0 Å². The third kappa shape index (κ3) is 2.95. The van der Waals surface area contributed by atoms with Gasteiger partial charge < -0.3 is 9.47 Å². The smallest absolute Gasteiger partial charge is 0.123 e. The Hall–Kier alpha value is -1.87. The summed E-state index contributed by atoms with van der Waals surface area (Å²) in [6, 6.07) is 12.7. The lowest BCUT2D eigenvalue weighted by atomic mass is 9.90. The van der Waals surface area contributed by atoms with Crippen molar-refractivity contribution in [3.63, 3.8) is 0 Å². The van der Waals surface area contributed by atoms with Gasteiger partial charge in [-0.25, -0.2) is 0 Å². The van der Waals surface area contributed by atoms with Crippen molar-refractivity contribution in [3.8, 4) is 11.5 Å². The largest absolute Gasteiger partial charge is 0.497 e. The minimum atomic E-state index is 0.115. The lowest BCUT2D eigenvalue weighted by Crippen LogP contribution is -2.06. The van der Waals surface area contributed by atoms with Gasteiger partial charge in [0.2, 0.25) is 0 Å². The van der Waals surface area contributed by atoms with Crippen LogP contribution in [0.1, 0.15) is 43.2 Å². The van der Waals surface area contributed by atoms with Crippen molar-refractivity contribution in [1.82, 2.24) is 0 Å². The number of hydrogen-bond donors (Lipinski definition) is 0. The molecule has 25 heavy (non-hydrogen) atoms. The van der Waals surface area contributed by atoms with Gasteiger partial charge in [-0.1, -0.05) is 36.8 Å². The van der Waals surface area contributed by atoms with Crippen LogP contribution in [0.2, 0.25) is 0 Å². The van der Waals surface area contributed by atoms with Gasteiger partial charge in [-0.05, 0) is 61.2 Å². The Balaban J connectivity index is 1.68. The molecule has 130 valence electrons. The molecule has 4 rings (SSSR count). The van der Waals surface area contributed by atoms with E-state index >= 15 is 0 Å². The van der Waals surface area contributed by atoms with Crippen molar-refractivity contribution in [2.45, 2.75) is 47.3 Å². The molecule has 2 aromatic carbocycles. The fraction of sp³-hybridized carbons (Fsp3) is 0.364. The Bertz CT molecular complexity index is 794. The second-order valence-corrected chi connectivity index (χ2v) is 7.88. The molecule has 0 aromatic heterocycles. The van der Waals surface area contributed by atoms with E-state index in [0.717, 1.165) is 11.5 Å². The summed E-state index contributed by atoms with van der Waals surface area (Å²) >= 11 is 1.84. The summed E-state index contributed by atoms with van der Waals surface area (Å²) in [7, 11) is 3.49. The minimum absolute atomic E-state index is 0.115. The third-order valence-electron chi connectivity index (χ3n) is 5.31. The van der Waals surface area contributed by atoms with Crippen LogP contribution in [0.25, 0.3) is 0 Å². The molecule has 0 fully saturated rings. The second-order valence-electron chi connectivity index (χ2n) is 6.77. The molecule has 2 aliphatic carbocycles. The van der Waals surface area contributed by atoms with Gasteiger partial charge in [0.1, 0.15) is 11.5 Å². The first kappa shape index (κ1) is 16.6. The van der Waals surface area contributed by atoms with Crippen molar-refractivity contribution in [2.24, 2.45) is 0 Å². The van der Waals surface area contributed by atoms with E-state index in [1.54, 1.807) is 14.2 Å². The summed E-state index contributed by atoms with van der Waals surface area (Å²) < 4.78 is 10.9. The molecule has 2 nitrogen and oxygen atoms in total. The van der Waals surface area contributed by atoms with Crippen LogP contribution in [0.3, 0.4) is 0 Å². The Morgan fingerprint density at radius 3 is 2.48 bits per heavy atom. The highest BCUT2D eigenvalue weighted by Gasteiger charge is 2.52. The molecule has 2 aliphatic rings. The molecule has 1 spiro atoms. The van der Waals surface area contributed by atoms with Crippen LogP contribution in [0.4, 0.5) is 0 Å². The van der Waals surface area contributed by atoms with Crippen molar-refractivity contribution >= 4 is 11.8 Å². The molecule has 0 aliphatic heterocycles. The molecular weight excluding hydrogens is 328 g/mol. The maximum Gasteiger partial charge on any atom is 0.123 e. The molecular formula is C22H24O2S. The Kier molecular flexibility index (Phi) is 4.51. The van der Waals surface area contributed by atoms with E-state index in [0.29, 0.717) is 0 Å². The zero-order valence-electron chi connectivity index (χ0n) is 14.9. The lowest BCUT2D eigenvalue weighted by molar-refractivity contribution is 0.410. The summed E-state index contributed by atoms with van der Waals surface area (Å²) in [5, 5.41) is 0. The van der Waals surface area contributed by atoms with Gasteiger partial charge >= 0.3 is 0 Å². The molecule has 0 radical (unpaired) electrons. The molecule has 3 heteroatoms. The topological polar surface area (TPSA) is 18.5 Å². The van der Waals surface area contributed by atoms with Crippen LogP contribution in [0.5, 0.6) is 11.5 Å². The highest BCUT2D eigenvalue weighted by atomic mass is 32.2. The maximum absolute atomic E-state index is 5.67. The zero-order valence-corrected chi connectivity index (χ0v) is 15.7. The Labute approximate surface area is 154 Å². The first-order valence-electron chi connectivity index (χ1n) is 9.00. The van der Waals surface area contributed by atoms with Crippen LogP contribution in [-0.4, -0.2) is 14.2 Å². The van der Waals surface area contributed by atoms with E-state index in [9.17, 15) is 0 Å². The van der Waals surface area contributed by atoms with Crippen molar-refractivity contribution in [2.75, 3.05) is 14.2 Å². The van der Waals surface area contributed by atoms with Crippen LogP contribution >= 0.6 is 11.8 Å². The molecule has 1 atom stereocenters. The molecule has 2 aromatic rings. The van der Waals surface area contributed by atoms with Gasteiger partial charge in [-0.15, -0.1) is 0 Å². The predicted molar refractivity (Wildman–Crippen MR) is 103 cm³/mol. The molecule has 0 bridgehead atoms. The number of fused-ring (bicyclic) bond motifs is 3. The summed E-state index contributed by atoms with van der Waals surface area (Å²) in [6.45, 7) is 0. The van der Waals surface area contributed by atoms with E-state index in [1.807, 2.05) is 23.9 Å². The monoisotopic (exact) mass is 352 g/mol. The predicted octanol–water partition coefficient (Wildman–Crippen LogP) is 5.97.